The number of benzene rings is 2. The number of thioether (sulfide) groups is 1. The summed E-state index contributed by atoms with van der Waals surface area (Å²) in [6.07, 6.45) is -0.192. The first-order chi connectivity index (χ1) is 21.1. The van der Waals surface area contributed by atoms with Gasteiger partial charge in [-0.2, -0.15) is 0 Å². The largest absolute Gasteiger partial charge is 0.498 e. The summed E-state index contributed by atoms with van der Waals surface area (Å²) in [6, 6.07) is 19.5. The molecule has 0 aliphatic carbocycles. The number of hydrogen-bond donors (Lipinski definition) is 2. The maximum absolute atomic E-state index is 13.8. The number of amides is 3. The van der Waals surface area contributed by atoms with E-state index in [1.165, 1.54) is 36.1 Å². The van der Waals surface area contributed by atoms with E-state index in [0.29, 0.717) is 0 Å². The molecule has 230 valence electrons. The van der Waals surface area contributed by atoms with Crippen molar-refractivity contribution >= 4 is 35.6 Å². The molecule has 2 aromatic carbocycles. The lowest BCUT2D eigenvalue weighted by Gasteiger charge is -2.49. The van der Waals surface area contributed by atoms with Gasteiger partial charge in [-0.15, -0.1) is 11.8 Å². The number of ether oxygens (including phenoxy) is 3. The van der Waals surface area contributed by atoms with E-state index in [1.807, 2.05) is 60.7 Å². The molecule has 3 aromatic rings. The Morgan fingerprint density at radius 2 is 1.61 bits per heavy atom. The van der Waals surface area contributed by atoms with Gasteiger partial charge in [-0.05, 0) is 44.0 Å². The van der Waals surface area contributed by atoms with Crippen LogP contribution in [-0.4, -0.2) is 58.7 Å². The van der Waals surface area contributed by atoms with E-state index in [2.05, 4.69) is 10.6 Å². The van der Waals surface area contributed by atoms with Crippen LogP contribution in [0, 0.1) is 0 Å². The van der Waals surface area contributed by atoms with Crippen molar-refractivity contribution in [1.82, 2.24) is 15.5 Å². The number of hydrogen-bond acceptors (Lipinski definition) is 9. The lowest BCUT2D eigenvalue weighted by Crippen LogP contribution is -2.71. The van der Waals surface area contributed by atoms with Gasteiger partial charge in [-0.3, -0.25) is 14.5 Å². The molecule has 11 nitrogen and oxygen atoms in total. The van der Waals surface area contributed by atoms with Gasteiger partial charge < -0.3 is 29.3 Å². The minimum atomic E-state index is -1.26. The normalized spacial score (nSPS) is 18.6. The first kappa shape index (κ1) is 30.7. The molecule has 0 bridgehead atoms. The zero-order valence-electron chi connectivity index (χ0n) is 24.6. The van der Waals surface area contributed by atoms with E-state index >= 15 is 0 Å². The lowest BCUT2D eigenvalue weighted by molar-refractivity contribution is -0.155. The number of nitrogens with zero attached hydrogens (tertiary/aromatic N) is 1. The molecule has 3 amide bonds. The second-order valence-corrected chi connectivity index (χ2v) is 12.2. The number of nitrogens with one attached hydrogen (secondary N) is 2. The highest BCUT2D eigenvalue weighted by atomic mass is 32.2. The summed E-state index contributed by atoms with van der Waals surface area (Å²) in [5.41, 5.74) is 0.705. The molecule has 44 heavy (non-hydrogen) atoms. The molecule has 3 atom stereocenters. The Hall–Kier alpha value is -4.71. The van der Waals surface area contributed by atoms with Crippen molar-refractivity contribution in [2.24, 2.45) is 0 Å². The molecule has 0 saturated carbocycles. The van der Waals surface area contributed by atoms with Gasteiger partial charge >= 0.3 is 12.1 Å². The van der Waals surface area contributed by atoms with Crippen LogP contribution in [0.4, 0.5) is 4.79 Å². The van der Waals surface area contributed by atoms with Crippen molar-refractivity contribution in [1.29, 1.82) is 0 Å². The maximum atomic E-state index is 13.8. The van der Waals surface area contributed by atoms with E-state index in [9.17, 15) is 19.2 Å². The van der Waals surface area contributed by atoms with Crippen molar-refractivity contribution in [3.05, 3.63) is 107 Å². The molecule has 2 N–H and O–H groups in total. The minimum Gasteiger partial charge on any atom is -0.498 e. The molecule has 2 aliphatic rings. The Bertz CT molecular complexity index is 1500. The van der Waals surface area contributed by atoms with Gasteiger partial charge in [0.15, 0.2) is 17.8 Å². The quantitative estimate of drug-likeness (QED) is 0.263. The number of alkyl carbamates (subject to hydrolysis) is 1. The number of carbonyl (C=O) groups excluding carboxylic acids is 4. The van der Waals surface area contributed by atoms with Crippen LogP contribution in [0.2, 0.25) is 0 Å². The van der Waals surface area contributed by atoms with Gasteiger partial charge in [-0.1, -0.05) is 60.7 Å². The molecule has 1 saturated heterocycles. The monoisotopic (exact) mass is 619 g/mol. The van der Waals surface area contributed by atoms with Crippen LogP contribution in [0.3, 0.4) is 0 Å². The molecule has 0 radical (unpaired) electrons. The number of β-lactam (4-membered cyclic amide) rings is 1. The summed E-state index contributed by atoms with van der Waals surface area (Å²) in [5, 5.41) is 4.61. The van der Waals surface area contributed by atoms with Crippen LogP contribution in [-0.2, 0) is 28.6 Å². The second-order valence-electron chi connectivity index (χ2n) is 11.1. The number of rotatable bonds is 9. The predicted octanol–water partition coefficient (Wildman–Crippen LogP) is 4.44. The van der Waals surface area contributed by atoms with E-state index in [4.69, 9.17) is 18.6 Å². The summed E-state index contributed by atoms with van der Waals surface area (Å²) in [7, 11) is 1.43. The molecule has 1 aromatic heterocycles. The average Bonchev–Trinajstić information content (AvgIpc) is 3.55. The van der Waals surface area contributed by atoms with Crippen LogP contribution in [0.1, 0.15) is 49.8 Å². The minimum absolute atomic E-state index is 0.0157. The molecule has 1 fully saturated rings. The Morgan fingerprint density at radius 3 is 2.16 bits per heavy atom. The number of methoxy groups -OCH3 is 1. The summed E-state index contributed by atoms with van der Waals surface area (Å²) in [4.78, 5) is 54.5. The molecule has 3 heterocycles. The molecule has 0 spiro atoms. The molecule has 2 aliphatic heterocycles. The number of fused-ring (bicyclic) bond motifs is 1. The molecule has 5 rings (SSSR count). The average molecular weight is 620 g/mol. The summed E-state index contributed by atoms with van der Waals surface area (Å²) in [5.74, 6) is -1.22. The van der Waals surface area contributed by atoms with Crippen LogP contribution >= 0.6 is 11.8 Å². The van der Waals surface area contributed by atoms with Gasteiger partial charge in [0.1, 0.15) is 28.5 Å². The fraction of sp³-hybridized carbons (Fsp3) is 0.312. The standard InChI is InChI=1S/C32H33N3O8S/c1-32(2,3)43-31(39)34-23(21-16-11-17-41-21)27(36)33-24-28(37)35-25(22(40-4)18-44-29(24)35)30(38)42-26(19-12-7-5-8-13-19)20-14-9-6-10-15-20/h5-17,23-24,26,29H,18H2,1-4H3,(H,33,36)(H,34,39)/t23?,24-,29-/m1/s1. The fourth-order valence-electron chi connectivity index (χ4n) is 4.87. The van der Waals surface area contributed by atoms with Crippen molar-refractivity contribution < 1.29 is 37.8 Å². The Kier molecular flexibility index (Phi) is 9.00. The van der Waals surface area contributed by atoms with Crippen LogP contribution in [0.5, 0.6) is 0 Å². The summed E-state index contributed by atoms with van der Waals surface area (Å²) in [6.45, 7) is 5.09. The first-order valence-corrected chi connectivity index (χ1v) is 15.0. The third-order valence-electron chi connectivity index (χ3n) is 6.85. The number of carbonyl (C=O) groups is 4. The van der Waals surface area contributed by atoms with E-state index in [1.54, 1.807) is 26.8 Å². The van der Waals surface area contributed by atoms with E-state index in [-0.39, 0.29) is 23.0 Å². The number of esters is 1. The van der Waals surface area contributed by atoms with E-state index in [0.717, 1.165) is 11.1 Å². The van der Waals surface area contributed by atoms with Crippen LogP contribution < -0.4 is 10.6 Å². The Morgan fingerprint density at radius 1 is 0.977 bits per heavy atom. The van der Waals surface area contributed by atoms with Gasteiger partial charge in [0.25, 0.3) is 11.8 Å². The van der Waals surface area contributed by atoms with Gasteiger partial charge in [0, 0.05) is 0 Å². The maximum Gasteiger partial charge on any atom is 0.408 e. The highest BCUT2D eigenvalue weighted by Gasteiger charge is 2.55. The highest BCUT2D eigenvalue weighted by Crippen LogP contribution is 2.42. The van der Waals surface area contributed by atoms with Gasteiger partial charge in [-0.25, -0.2) is 9.59 Å². The van der Waals surface area contributed by atoms with Crippen LogP contribution in [0.15, 0.2) is 94.9 Å². The molecular weight excluding hydrogens is 586 g/mol. The zero-order valence-corrected chi connectivity index (χ0v) is 25.5. The molecule has 12 heteroatoms. The molecular formula is C32H33N3O8S. The lowest BCUT2D eigenvalue weighted by atomic mass is 10.0. The highest BCUT2D eigenvalue weighted by molar-refractivity contribution is 8.00. The fourth-order valence-corrected chi connectivity index (χ4v) is 6.18. The summed E-state index contributed by atoms with van der Waals surface area (Å²) < 4.78 is 22.2. The van der Waals surface area contributed by atoms with E-state index < -0.39 is 53.0 Å². The Balaban J connectivity index is 1.34. The first-order valence-electron chi connectivity index (χ1n) is 13.9. The predicted molar refractivity (Wildman–Crippen MR) is 161 cm³/mol. The zero-order chi connectivity index (χ0) is 31.4. The topological polar surface area (TPSA) is 136 Å². The number of furan rings is 1. The van der Waals surface area contributed by atoms with Gasteiger partial charge in [0.05, 0.1) is 19.1 Å². The summed E-state index contributed by atoms with van der Waals surface area (Å²) >= 11 is 1.33. The van der Waals surface area contributed by atoms with Crippen molar-refractivity contribution in [2.75, 3.05) is 12.9 Å². The van der Waals surface area contributed by atoms with Gasteiger partial charge in [0.2, 0.25) is 0 Å². The third-order valence-corrected chi connectivity index (χ3v) is 8.10. The second kappa shape index (κ2) is 12.9. The molecule has 1 unspecified atom stereocenters. The van der Waals surface area contributed by atoms with Crippen molar-refractivity contribution in [3.8, 4) is 0 Å². The SMILES string of the molecule is COC1=C(C(=O)OC(c2ccccc2)c2ccccc2)N2C(=O)[C@@H](NC(=O)C(NC(=O)OC(C)(C)C)c3ccco3)[C@H]2SC1. The van der Waals surface area contributed by atoms with Crippen molar-refractivity contribution in [3.63, 3.8) is 0 Å². The van der Waals surface area contributed by atoms with Crippen molar-refractivity contribution in [2.45, 2.75) is 49.9 Å². The Labute approximate surface area is 258 Å². The smallest absolute Gasteiger partial charge is 0.408 e. The third kappa shape index (κ3) is 6.60. The van der Waals surface area contributed by atoms with Crippen LogP contribution in [0.25, 0.3) is 0 Å².